The van der Waals surface area contributed by atoms with Crippen molar-refractivity contribution in [2.24, 2.45) is 0 Å². The van der Waals surface area contributed by atoms with E-state index >= 15 is 0 Å². The van der Waals surface area contributed by atoms with E-state index in [0.29, 0.717) is 10.6 Å². The first kappa shape index (κ1) is 11.8. The fourth-order valence-electron chi connectivity index (χ4n) is 0.688. The smallest absolute Gasteiger partial charge is 1.00 e. The van der Waals surface area contributed by atoms with Crippen molar-refractivity contribution in [3.8, 4) is 0 Å². The molecule has 1 aromatic rings. The third-order valence-corrected chi connectivity index (χ3v) is 1.68. The minimum atomic E-state index is -0.981. The monoisotopic (exact) mass is 193 g/mol. The Balaban J connectivity index is 0. The Morgan fingerprint density at radius 2 is 2.17 bits per heavy atom. The van der Waals surface area contributed by atoms with Crippen LogP contribution in [-0.2, 0) is 0 Å². The molecule has 0 atom stereocenters. The number of carboxylic acid groups (broad SMARTS) is 1. The van der Waals surface area contributed by atoms with E-state index in [-0.39, 0.29) is 36.5 Å². The molecule has 0 bridgehead atoms. The maximum atomic E-state index is 10.4. The topological polar surface area (TPSA) is 63.3 Å². The molecule has 0 spiro atoms. The molecule has 60 valence electrons. The van der Waals surface area contributed by atoms with Crippen LogP contribution in [0.2, 0.25) is 0 Å². The van der Waals surface area contributed by atoms with Crippen LogP contribution >= 0.6 is 12.6 Å². The van der Waals surface area contributed by atoms with Crippen LogP contribution < -0.4 is 35.3 Å². The average molecular weight is 193 g/mol. The van der Waals surface area contributed by atoms with E-state index in [1.807, 2.05) is 0 Å². The molecule has 3 N–H and O–H groups in total. The summed E-state index contributed by atoms with van der Waals surface area (Å²) in [4.78, 5) is 11.0. The molecule has 12 heavy (non-hydrogen) atoms. The van der Waals surface area contributed by atoms with Crippen LogP contribution in [0.3, 0.4) is 0 Å². The van der Waals surface area contributed by atoms with Crippen molar-refractivity contribution in [2.75, 3.05) is 5.73 Å². The molecule has 0 heterocycles. The van der Waals surface area contributed by atoms with Crippen LogP contribution in [-0.4, -0.2) is 11.1 Å². The summed E-state index contributed by atoms with van der Waals surface area (Å²) in [6.45, 7) is 0. The molecule has 0 unspecified atom stereocenters. The zero-order valence-electron chi connectivity index (χ0n) is 7.61. The predicted molar refractivity (Wildman–Crippen MR) is 46.2 cm³/mol. The average Bonchev–Trinajstić information content (AvgIpc) is 1.94. The maximum Gasteiger partial charge on any atom is 1.00 e. The summed E-state index contributed by atoms with van der Waals surface area (Å²) in [7, 11) is 0. The van der Waals surface area contributed by atoms with Gasteiger partial charge in [0.05, 0.1) is 5.56 Å². The van der Waals surface area contributed by atoms with E-state index in [2.05, 4.69) is 12.6 Å². The molecule has 0 amide bonds. The van der Waals surface area contributed by atoms with Gasteiger partial charge in [0.2, 0.25) is 0 Å². The van der Waals surface area contributed by atoms with Crippen molar-refractivity contribution in [3.05, 3.63) is 23.8 Å². The molecule has 1 aromatic carbocycles. The molecule has 0 saturated carbocycles. The van der Waals surface area contributed by atoms with E-state index in [1.54, 1.807) is 6.07 Å². The maximum absolute atomic E-state index is 10.4. The van der Waals surface area contributed by atoms with Crippen molar-refractivity contribution in [1.82, 2.24) is 0 Å². The third kappa shape index (κ3) is 2.71. The second-order valence-corrected chi connectivity index (χ2v) is 2.56. The number of aromatic carboxylic acids is 1. The first-order valence-electron chi connectivity index (χ1n) is 2.93. The van der Waals surface area contributed by atoms with Crippen LogP contribution in [0.5, 0.6) is 0 Å². The summed E-state index contributed by atoms with van der Waals surface area (Å²) >= 11 is 4.00. The van der Waals surface area contributed by atoms with Gasteiger partial charge in [0.25, 0.3) is 0 Å². The van der Waals surface area contributed by atoms with E-state index < -0.39 is 5.97 Å². The summed E-state index contributed by atoms with van der Waals surface area (Å²) in [6, 6.07) is 4.40. The van der Waals surface area contributed by atoms with Gasteiger partial charge in [-0.3, -0.25) is 0 Å². The fraction of sp³-hybridized carbons (Fsp3) is 0. The standard InChI is InChI=1S/C7H7NO2S.Na.H/c8-5-3-4(7(9)10)1-2-6(5)11;;/h1-3,11H,8H2,(H,9,10);;/q;+1;-1. The molecule has 5 heteroatoms. The number of hydrogen-bond donors (Lipinski definition) is 3. The van der Waals surface area contributed by atoms with E-state index in [4.69, 9.17) is 10.8 Å². The minimum Gasteiger partial charge on any atom is -1.00 e. The Morgan fingerprint density at radius 3 is 2.58 bits per heavy atom. The quantitative estimate of drug-likeness (QED) is 0.285. The summed E-state index contributed by atoms with van der Waals surface area (Å²) in [6.07, 6.45) is 0. The minimum absolute atomic E-state index is 0. The SMILES string of the molecule is Nc1cc(C(=O)O)ccc1S.[H-].[Na+]. The molecule has 1 rings (SSSR count). The number of carbonyl (C=O) groups is 1. The molecular weight excluding hydrogens is 185 g/mol. The van der Waals surface area contributed by atoms with Crippen molar-refractivity contribution in [1.29, 1.82) is 0 Å². The van der Waals surface area contributed by atoms with Gasteiger partial charge in [-0.2, -0.15) is 0 Å². The Kier molecular flexibility index (Phi) is 4.70. The van der Waals surface area contributed by atoms with E-state index in [9.17, 15) is 4.79 Å². The van der Waals surface area contributed by atoms with E-state index in [1.165, 1.54) is 12.1 Å². The molecule has 0 fully saturated rings. The first-order chi connectivity index (χ1) is 5.11. The van der Waals surface area contributed by atoms with Crippen LogP contribution in [0.4, 0.5) is 5.69 Å². The van der Waals surface area contributed by atoms with Gasteiger partial charge >= 0.3 is 35.5 Å². The molecular formula is C7H8NNaO2S. The van der Waals surface area contributed by atoms with Gasteiger partial charge in [-0.25, -0.2) is 4.79 Å². The van der Waals surface area contributed by atoms with Crippen molar-refractivity contribution in [3.63, 3.8) is 0 Å². The molecule has 0 aromatic heterocycles. The Labute approximate surface area is 99.1 Å². The van der Waals surface area contributed by atoms with Gasteiger partial charge in [-0.1, -0.05) is 0 Å². The van der Waals surface area contributed by atoms with Gasteiger partial charge in [0.15, 0.2) is 0 Å². The Morgan fingerprint density at radius 1 is 1.58 bits per heavy atom. The van der Waals surface area contributed by atoms with E-state index in [0.717, 1.165) is 0 Å². The number of nitrogens with two attached hydrogens (primary N) is 1. The zero-order chi connectivity index (χ0) is 8.43. The number of hydrogen-bond acceptors (Lipinski definition) is 3. The molecule has 0 aliphatic heterocycles. The largest absolute Gasteiger partial charge is 1.00 e. The fourth-order valence-corrected chi connectivity index (χ4v) is 0.827. The Hall–Kier alpha value is -0.160. The van der Waals surface area contributed by atoms with Gasteiger partial charge < -0.3 is 12.3 Å². The van der Waals surface area contributed by atoms with Crippen molar-refractivity contribution in [2.45, 2.75) is 4.90 Å². The van der Waals surface area contributed by atoms with Crippen molar-refractivity contribution >= 4 is 24.3 Å². The second-order valence-electron chi connectivity index (χ2n) is 2.08. The molecule has 3 nitrogen and oxygen atoms in total. The number of rotatable bonds is 1. The summed E-state index contributed by atoms with van der Waals surface area (Å²) in [5.74, 6) is -0.981. The van der Waals surface area contributed by atoms with Crippen LogP contribution in [0.25, 0.3) is 0 Å². The summed E-state index contributed by atoms with van der Waals surface area (Å²) < 4.78 is 0. The summed E-state index contributed by atoms with van der Waals surface area (Å²) in [5, 5.41) is 8.52. The molecule has 0 radical (unpaired) electrons. The van der Waals surface area contributed by atoms with Crippen LogP contribution in [0, 0.1) is 0 Å². The molecule has 0 aliphatic carbocycles. The molecule has 0 aliphatic rings. The third-order valence-electron chi connectivity index (χ3n) is 1.27. The van der Waals surface area contributed by atoms with Gasteiger partial charge in [0.1, 0.15) is 0 Å². The second kappa shape index (κ2) is 4.77. The number of anilines is 1. The van der Waals surface area contributed by atoms with Crippen molar-refractivity contribution < 1.29 is 40.9 Å². The predicted octanol–water partition coefficient (Wildman–Crippen LogP) is -1.63. The number of thiol groups is 1. The van der Waals surface area contributed by atoms with Crippen LogP contribution in [0.1, 0.15) is 11.8 Å². The number of nitrogen functional groups attached to an aromatic ring is 1. The Bertz CT molecular complexity index is 309. The number of benzene rings is 1. The van der Waals surface area contributed by atoms with Gasteiger partial charge in [0, 0.05) is 10.6 Å². The molecule has 0 saturated heterocycles. The summed E-state index contributed by atoms with van der Waals surface area (Å²) in [5.41, 5.74) is 5.98. The van der Waals surface area contributed by atoms with Crippen LogP contribution in [0.15, 0.2) is 23.1 Å². The van der Waals surface area contributed by atoms with Gasteiger partial charge in [-0.05, 0) is 18.2 Å². The zero-order valence-corrected chi connectivity index (χ0v) is 9.51. The van der Waals surface area contributed by atoms with Gasteiger partial charge in [-0.15, -0.1) is 12.6 Å². The first-order valence-corrected chi connectivity index (χ1v) is 3.38. The normalized spacial score (nSPS) is 8.75. The number of carboxylic acids is 1.